The Bertz CT molecular complexity index is 3760. The Hall–Kier alpha value is -8.19. The summed E-state index contributed by atoms with van der Waals surface area (Å²) in [5, 5.41) is 15.7. The van der Waals surface area contributed by atoms with Crippen LogP contribution in [0.5, 0.6) is 0 Å². The van der Waals surface area contributed by atoms with E-state index in [0.717, 1.165) is 44.2 Å². The summed E-state index contributed by atoms with van der Waals surface area (Å²) in [7, 11) is 0. The van der Waals surface area contributed by atoms with Gasteiger partial charge in [0, 0.05) is 58.4 Å². The molecule has 0 aliphatic carbocycles. The van der Waals surface area contributed by atoms with Gasteiger partial charge in [0.1, 0.15) is 22.3 Å². The fraction of sp³-hybridized carbons (Fsp3) is 0.0172. The molecule has 0 amide bonds. The van der Waals surface area contributed by atoms with Crippen LogP contribution in [0.1, 0.15) is 16.7 Å². The van der Waals surface area contributed by atoms with Crippen molar-refractivity contribution >= 4 is 93.8 Å². The van der Waals surface area contributed by atoms with E-state index in [9.17, 15) is 0 Å². The van der Waals surface area contributed by atoms with Crippen LogP contribution in [0.3, 0.4) is 0 Å². The number of hydrogen-bond donors (Lipinski definition) is 1. The van der Waals surface area contributed by atoms with Gasteiger partial charge in [-0.2, -0.15) is 0 Å². The van der Waals surface area contributed by atoms with Crippen molar-refractivity contribution in [2.24, 2.45) is 9.98 Å². The number of fused-ring (bicyclic) bond motifs is 9. The maximum Gasteiger partial charge on any atom is 0.161 e. The molecule has 5 nitrogen and oxygen atoms in total. The number of aliphatic imine (C=N–C) groups is 2. The van der Waals surface area contributed by atoms with E-state index < -0.39 is 0 Å². The summed E-state index contributed by atoms with van der Waals surface area (Å²) in [6.07, 6.45) is 0. The Morgan fingerprint density at radius 3 is 1.95 bits per heavy atom. The molecule has 0 saturated carbocycles. The van der Waals surface area contributed by atoms with Crippen molar-refractivity contribution in [1.82, 2.24) is 0 Å². The summed E-state index contributed by atoms with van der Waals surface area (Å²) in [5.41, 5.74) is 13.2. The molecule has 3 aromatic heterocycles. The van der Waals surface area contributed by atoms with Gasteiger partial charge in [0.05, 0.1) is 0 Å². The van der Waals surface area contributed by atoms with Crippen LogP contribution in [-0.4, -0.2) is 18.4 Å². The lowest BCUT2D eigenvalue weighted by atomic mass is 9.94. The van der Waals surface area contributed by atoms with E-state index in [0.29, 0.717) is 17.0 Å². The highest BCUT2D eigenvalue weighted by atomic mass is 32.1. The van der Waals surface area contributed by atoms with E-state index in [2.05, 4.69) is 157 Å². The first-order valence-corrected chi connectivity index (χ1v) is 22.0. The van der Waals surface area contributed by atoms with Crippen molar-refractivity contribution in [3.05, 3.63) is 217 Å². The van der Waals surface area contributed by atoms with Crippen molar-refractivity contribution in [1.29, 1.82) is 5.41 Å². The maximum absolute atomic E-state index is 8.99. The quantitative estimate of drug-likeness (QED) is 0.138. The van der Waals surface area contributed by atoms with Gasteiger partial charge in [0.15, 0.2) is 11.7 Å². The summed E-state index contributed by atoms with van der Waals surface area (Å²) in [5.74, 6) is 0.514. The minimum absolute atomic E-state index is 0.105. The van der Waals surface area contributed by atoms with Gasteiger partial charge in [-0.1, -0.05) is 175 Å². The van der Waals surface area contributed by atoms with Crippen LogP contribution >= 0.6 is 11.3 Å². The second kappa shape index (κ2) is 16.3. The maximum atomic E-state index is 8.99. The molecule has 6 heteroatoms. The molecular formula is C58H39N3O2S. The van der Waals surface area contributed by atoms with Crippen molar-refractivity contribution in [3.63, 3.8) is 0 Å². The number of amidine groups is 2. The second-order valence-electron chi connectivity index (χ2n) is 15.8. The summed E-state index contributed by atoms with van der Waals surface area (Å²) >= 11 is 1.84. The topological polar surface area (TPSA) is 74.8 Å². The number of rotatable bonds is 5. The monoisotopic (exact) mass is 841 g/mol. The average molecular weight is 842 g/mol. The fourth-order valence-corrected chi connectivity index (χ4v) is 10.0. The molecule has 0 aliphatic rings. The van der Waals surface area contributed by atoms with Gasteiger partial charge in [0.25, 0.3) is 0 Å². The second-order valence-corrected chi connectivity index (χ2v) is 16.8. The van der Waals surface area contributed by atoms with Crippen molar-refractivity contribution in [3.8, 4) is 33.4 Å². The molecule has 0 saturated heterocycles. The molecule has 0 unspecified atom stereocenters. The van der Waals surface area contributed by atoms with Gasteiger partial charge in [-0.25, -0.2) is 9.98 Å². The fourth-order valence-electron chi connectivity index (χ4n) is 8.76. The van der Waals surface area contributed by atoms with Crippen LogP contribution < -0.4 is 0 Å². The number of para-hydroxylation sites is 2. The van der Waals surface area contributed by atoms with Crippen LogP contribution in [0.15, 0.2) is 219 Å². The molecule has 9 aromatic carbocycles. The number of benzene rings is 9. The third-order valence-corrected chi connectivity index (χ3v) is 13.0. The first-order chi connectivity index (χ1) is 31.5. The highest BCUT2D eigenvalue weighted by Gasteiger charge is 2.19. The van der Waals surface area contributed by atoms with Crippen LogP contribution in [0, 0.1) is 12.3 Å². The first kappa shape index (κ1) is 38.7. The molecule has 0 aliphatic heterocycles. The van der Waals surface area contributed by atoms with E-state index in [4.69, 9.17) is 14.2 Å². The molecule has 1 N–H and O–H groups in total. The van der Waals surface area contributed by atoms with E-state index >= 15 is 0 Å². The molecule has 0 fully saturated rings. The van der Waals surface area contributed by atoms with Gasteiger partial charge >= 0.3 is 0 Å². The summed E-state index contributed by atoms with van der Waals surface area (Å²) < 4.78 is 14.9. The Labute approximate surface area is 373 Å². The molecule has 0 radical (unpaired) electrons. The zero-order valence-corrected chi connectivity index (χ0v) is 35.7. The van der Waals surface area contributed by atoms with E-state index in [1.54, 1.807) is 0 Å². The summed E-state index contributed by atoms with van der Waals surface area (Å²) in [4.78, 5) is 8.71. The standard InChI is InChI=1S/C39H25N3OS.C19H14O/c1-41-39(25-13-6-3-7-14-25)42-38(40)30-16-10-17-33-35(30)31-23-26(19-22-32(31)43-33)27-20-21-28(24-11-4-2-5-12-24)37-36(27)29-15-8-9-18-34(29)44-37;1-13-9-11-14(12-10-13)15-6-4-7-17-16-5-2-3-8-18(16)20-19(15)17/h2-23,40H,1H2;2-12H,1H3. The SMILES string of the molecule is C=NC(=NC(=N)c1cccc2oc3ccc(-c4ccc(-c5ccccc5)c5sc6ccccc6c45)cc3c12)c1ccccc1.Cc1ccc(-c2cccc3c2oc2ccccc23)cc1. The molecule has 0 bridgehead atoms. The Morgan fingerprint density at radius 1 is 0.500 bits per heavy atom. The Kier molecular flexibility index (Phi) is 9.83. The number of nitrogens with zero attached hydrogens (tertiary/aromatic N) is 2. The number of thiophene rings is 1. The zero-order valence-electron chi connectivity index (χ0n) is 34.9. The zero-order chi connectivity index (χ0) is 43.1. The van der Waals surface area contributed by atoms with Crippen LogP contribution in [0.4, 0.5) is 0 Å². The van der Waals surface area contributed by atoms with Gasteiger partial charge in [-0.3, -0.25) is 5.41 Å². The van der Waals surface area contributed by atoms with Gasteiger partial charge in [0.2, 0.25) is 0 Å². The van der Waals surface area contributed by atoms with Crippen LogP contribution in [-0.2, 0) is 0 Å². The smallest absolute Gasteiger partial charge is 0.161 e. The lowest BCUT2D eigenvalue weighted by molar-refractivity contribution is 0.669. The molecule has 0 spiro atoms. The van der Waals surface area contributed by atoms with Crippen molar-refractivity contribution in [2.45, 2.75) is 6.92 Å². The Morgan fingerprint density at radius 2 is 1.14 bits per heavy atom. The summed E-state index contributed by atoms with van der Waals surface area (Å²) in [6, 6.07) is 68.5. The van der Waals surface area contributed by atoms with Gasteiger partial charge in [-0.05, 0) is 71.8 Å². The van der Waals surface area contributed by atoms with E-state index in [-0.39, 0.29) is 5.84 Å². The van der Waals surface area contributed by atoms with Crippen molar-refractivity contribution in [2.75, 3.05) is 0 Å². The first-order valence-electron chi connectivity index (χ1n) is 21.1. The van der Waals surface area contributed by atoms with E-state index in [1.807, 2.05) is 78.1 Å². The molecule has 12 rings (SSSR count). The average Bonchev–Trinajstić information content (AvgIpc) is 4.05. The predicted molar refractivity (Wildman–Crippen MR) is 271 cm³/mol. The minimum Gasteiger partial charge on any atom is -0.456 e. The largest absolute Gasteiger partial charge is 0.456 e. The Balaban J connectivity index is 0.000000189. The van der Waals surface area contributed by atoms with Crippen molar-refractivity contribution < 1.29 is 8.83 Å². The third kappa shape index (κ3) is 6.87. The van der Waals surface area contributed by atoms with Crippen LogP contribution in [0.25, 0.3) is 97.4 Å². The molecule has 64 heavy (non-hydrogen) atoms. The highest BCUT2D eigenvalue weighted by molar-refractivity contribution is 7.26. The normalized spacial score (nSPS) is 11.7. The lowest BCUT2D eigenvalue weighted by Gasteiger charge is -2.10. The predicted octanol–water partition coefficient (Wildman–Crippen LogP) is 16.3. The number of furan rings is 2. The molecule has 12 aromatic rings. The minimum atomic E-state index is 0.105. The number of hydrogen-bond acceptors (Lipinski definition) is 4. The number of nitrogens with one attached hydrogen (secondary N) is 1. The van der Waals surface area contributed by atoms with Crippen LogP contribution in [0.2, 0.25) is 0 Å². The van der Waals surface area contributed by atoms with Gasteiger partial charge in [-0.15, -0.1) is 11.3 Å². The number of aryl methyl sites for hydroxylation is 1. The third-order valence-electron chi connectivity index (χ3n) is 11.8. The highest BCUT2D eigenvalue weighted by Crippen LogP contribution is 2.46. The van der Waals surface area contributed by atoms with Gasteiger partial charge < -0.3 is 8.83 Å². The van der Waals surface area contributed by atoms with E-state index in [1.165, 1.54) is 58.8 Å². The molecule has 3 heterocycles. The summed E-state index contributed by atoms with van der Waals surface area (Å²) in [6.45, 7) is 5.81. The molecule has 0 atom stereocenters. The molecule has 304 valence electrons. The lowest BCUT2D eigenvalue weighted by Crippen LogP contribution is -2.03. The molecular weight excluding hydrogens is 803 g/mol.